The highest BCUT2D eigenvalue weighted by atomic mass is 19.4. The van der Waals surface area contributed by atoms with Gasteiger partial charge in [-0.15, -0.1) is 0 Å². The van der Waals surface area contributed by atoms with Crippen LogP contribution >= 0.6 is 0 Å². The molecule has 0 aliphatic heterocycles. The van der Waals surface area contributed by atoms with E-state index in [9.17, 15) is 18.0 Å². The van der Waals surface area contributed by atoms with Crippen LogP contribution < -0.4 is 4.74 Å². The van der Waals surface area contributed by atoms with E-state index in [2.05, 4.69) is 0 Å². The van der Waals surface area contributed by atoms with Gasteiger partial charge in [-0.1, -0.05) is 30.3 Å². The topological polar surface area (TPSA) is 46.5 Å². The summed E-state index contributed by atoms with van der Waals surface area (Å²) in [6.45, 7) is 0. The summed E-state index contributed by atoms with van der Waals surface area (Å²) < 4.78 is 42.6. The molecule has 0 aliphatic carbocycles. The van der Waals surface area contributed by atoms with Crippen LogP contribution in [0.4, 0.5) is 13.2 Å². The Bertz CT molecular complexity index is 606. The minimum absolute atomic E-state index is 0.0549. The molecule has 0 heterocycles. The van der Waals surface area contributed by atoms with Crippen molar-refractivity contribution in [1.82, 2.24) is 0 Å². The van der Waals surface area contributed by atoms with Crippen LogP contribution in [0.15, 0.2) is 54.6 Å². The maximum absolute atomic E-state index is 12.4. The van der Waals surface area contributed by atoms with Crippen molar-refractivity contribution in [3.63, 3.8) is 0 Å². The van der Waals surface area contributed by atoms with Crippen molar-refractivity contribution < 1.29 is 27.8 Å². The normalized spacial score (nSPS) is 12.7. The van der Waals surface area contributed by atoms with Gasteiger partial charge >= 0.3 is 12.1 Å². The molecule has 0 aromatic heterocycles. The molecule has 0 aliphatic rings. The van der Waals surface area contributed by atoms with Crippen LogP contribution in [0.5, 0.6) is 5.75 Å². The number of carboxylic acids is 1. The van der Waals surface area contributed by atoms with E-state index < -0.39 is 23.8 Å². The Kier molecular flexibility index (Phi) is 4.16. The number of ether oxygens (including phenoxy) is 1. The SMILES string of the molecule is O=C(O)C(Oc1ccc(C(F)(F)F)cc1)c1ccccc1. The fourth-order valence-corrected chi connectivity index (χ4v) is 1.75. The highest BCUT2D eigenvalue weighted by molar-refractivity contribution is 5.74. The molecule has 0 saturated carbocycles. The van der Waals surface area contributed by atoms with Gasteiger partial charge in [0.15, 0.2) is 0 Å². The summed E-state index contributed by atoms with van der Waals surface area (Å²) >= 11 is 0. The first-order chi connectivity index (χ1) is 9.88. The van der Waals surface area contributed by atoms with Crippen LogP contribution in [-0.2, 0) is 11.0 Å². The van der Waals surface area contributed by atoms with E-state index in [1.807, 2.05) is 0 Å². The minimum atomic E-state index is -4.44. The molecule has 1 N–H and O–H groups in total. The smallest absolute Gasteiger partial charge is 0.416 e. The molecule has 1 unspecified atom stereocenters. The number of halogens is 3. The molecule has 110 valence electrons. The van der Waals surface area contributed by atoms with Gasteiger partial charge in [0, 0.05) is 5.56 Å². The summed E-state index contributed by atoms with van der Waals surface area (Å²) in [4.78, 5) is 11.2. The van der Waals surface area contributed by atoms with E-state index in [0.717, 1.165) is 24.3 Å². The second-order valence-electron chi connectivity index (χ2n) is 4.27. The molecule has 1 atom stereocenters. The molecule has 0 bridgehead atoms. The molecule has 0 saturated heterocycles. The van der Waals surface area contributed by atoms with Crippen molar-refractivity contribution in [2.75, 3.05) is 0 Å². The third-order valence-corrected chi connectivity index (χ3v) is 2.76. The van der Waals surface area contributed by atoms with Gasteiger partial charge in [0.25, 0.3) is 0 Å². The van der Waals surface area contributed by atoms with Crippen molar-refractivity contribution >= 4 is 5.97 Å². The van der Waals surface area contributed by atoms with Crippen molar-refractivity contribution in [3.8, 4) is 5.75 Å². The Morgan fingerprint density at radius 3 is 2.05 bits per heavy atom. The van der Waals surface area contributed by atoms with E-state index in [-0.39, 0.29) is 5.75 Å². The summed E-state index contributed by atoms with van der Waals surface area (Å²) in [7, 11) is 0. The molecule has 0 spiro atoms. The van der Waals surface area contributed by atoms with Gasteiger partial charge in [0.05, 0.1) is 5.56 Å². The molecule has 6 heteroatoms. The van der Waals surface area contributed by atoms with Crippen LogP contribution in [0, 0.1) is 0 Å². The van der Waals surface area contributed by atoms with Crippen molar-refractivity contribution in [3.05, 3.63) is 65.7 Å². The number of rotatable bonds is 4. The number of carbonyl (C=O) groups is 1. The average molecular weight is 296 g/mol. The second-order valence-corrected chi connectivity index (χ2v) is 4.27. The summed E-state index contributed by atoms with van der Waals surface area (Å²) in [6, 6.07) is 12.1. The number of hydrogen-bond donors (Lipinski definition) is 1. The van der Waals surface area contributed by atoms with Crippen LogP contribution in [0.2, 0.25) is 0 Å². The summed E-state index contributed by atoms with van der Waals surface area (Å²) in [6.07, 6.45) is -5.72. The molecule has 2 rings (SSSR count). The Balaban J connectivity index is 2.20. The lowest BCUT2D eigenvalue weighted by Gasteiger charge is -2.16. The third-order valence-electron chi connectivity index (χ3n) is 2.76. The monoisotopic (exact) mass is 296 g/mol. The molecular formula is C15H11F3O3. The van der Waals surface area contributed by atoms with Gasteiger partial charge in [-0.05, 0) is 24.3 Å². The van der Waals surface area contributed by atoms with Gasteiger partial charge in [-0.2, -0.15) is 13.2 Å². The van der Waals surface area contributed by atoms with Gasteiger partial charge in [0.1, 0.15) is 5.75 Å². The molecular weight excluding hydrogens is 285 g/mol. The zero-order valence-corrected chi connectivity index (χ0v) is 10.7. The number of carboxylic acid groups (broad SMARTS) is 1. The van der Waals surface area contributed by atoms with Crippen LogP contribution in [0.3, 0.4) is 0 Å². The van der Waals surface area contributed by atoms with Gasteiger partial charge in [-0.25, -0.2) is 4.79 Å². The third kappa shape index (κ3) is 3.75. The summed E-state index contributed by atoms with van der Waals surface area (Å²) in [5.41, 5.74) is -0.411. The lowest BCUT2D eigenvalue weighted by Crippen LogP contribution is -2.18. The fourth-order valence-electron chi connectivity index (χ4n) is 1.75. The first kappa shape index (κ1) is 14.9. The lowest BCUT2D eigenvalue weighted by molar-refractivity contribution is -0.145. The van der Waals surface area contributed by atoms with E-state index in [1.54, 1.807) is 30.3 Å². The number of aliphatic carboxylic acids is 1. The fraction of sp³-hybridized carbons (Fsp3) is 0.133. The minimum Gasteiger partial charge on any atom is -0.478 e. The highest BCUT2D eigenvalue weighted by Crippen LogP contribution is 2.31. The Morgan fingerprint density at radius 2 is 1.57 bits per heavy atom. The van der Waals surface area contributed by atoms with Crippen LogP contribution in [0.1, 0.15) is 17.2 Å². The Labute approximate surface area is 118 Å². The number of hydrogen-bond acceptors (Lipinski definition) is 2. The standard InChI is InChI=1S/C15H11F3O3/c16-15(17,18)11-6-8-12(9-7-11)21-13(14(19)20)10-4-2-1-3-5-10/h1-9,13H,(H,19,20). The van der Waals surface area contributed by atoms with E-state index in [0.29, 0.717) is 5.56 Å². The maximum atomic E-state index is 12.4. The van der Waals surface area contributed by atoms with Crippen LogP contribution in [-0.4, -0.2) is 11.1 Å². The first-order valence-corrected chi connectivity index (χ1v) is 5.99. The quantitative estimate of drug-likeness (QED) is 0.930. The zero-order chi connectivity index (χ0) is 15.5. The van der Waals surface area contributed by atoms with E-state index in [4.69, 9.17) is 9.84 Å². The van der Waals surface area contributed by atoms with Crippen molar-refractivity contribution in [1.29, 1.82) is 0 Å². The van der Waals surface area contributed by atoms with Gasteiger partial charge < -0.3 is 9.84 Å². The molecule has 21 heavy (non-hydrogen) atoms. The predicted octanol–water partition coefficient (Wildman–Crippen LogP) is 3.91. The maximum Gasteiger partial charge on any atom is 0.416 e. The van der Waals surface area contributed by atoms with Gasteiger partial charge in [-0.3, -0.25) is 0 Å². The first-order valence-electron chi connectivity index (χ1n) is 5.99. The average Bonchev–Trinajstić information content (AvgIpc) is 2.45. The van der Waals surface area contributed by atoms with E-state index in [1.165, 1.54) is 0 Å². The molecule has 0 fully saturated rings. The molecule has 0 amide bonds. The molecule has 2 aromatic rings. The molecule has 0 radical (unpaired) electrons. The lowest BCUT2D eigenvalue weighted by atomic mass is 10.1. The largest absolute Gasteiger partial charge is 0.478 e. The van der Waals surface area contributed by atoms with E-state index >= 15 is 0 Å². The van der Waals surface area contributed by atoms with Crippen molar-refractivity contribution in [2.24, 2.45) is 0 Å². The Hall–Kier alpha value is -2.50. The second kappa shape index (κ2) is 5.87. The van der Waals surface area contributed by atoms with Gasteiger partial charge in [0.2, 0.25) is 6.10 Å². The summed E-state index contributed by atoms with van der Waals surface area (Å²) in [5, 5.41) is 9.17. The highest BCUT2D eigenvalue weighted by Gasteiger charge is 2.30. The molecule has 3 nitrogen and oxygen atoms in total. The summed E-state index contributed by atoms with van der Waals surface area (Å²) in [5.74, 6) is -1.17. The number of alkyl halides is 3. The predicted molar refractivity (Wildman–Crippen MR) is 68.9 cm³/mol. The van der Waals surface area contributed by atoms with Crippen LogP contribution in [0.25, 0.3) is 0 Å². The zero-order valence-electron chi connectivity index (χ0n) is 10.7. The number of benzene rings is 2. The van der Waals surface area contributed by atoms with Crippen molar-refractivity contribution in [2.45, 2.75) is 12.3 Å². The molecule has 2 aromatic carbocycles. The Morgan fingerprint density at radius 1 is 1.00 bits per heavy atom.